The molecule has 1 rings (SSSR count). The Balaban J connectivity index is 2.09. The van der Waals surface area contributed by atoms with Gasteiger partial charge in [-0.15, -0.1) is 0 Å². The normalized spacial score (nSPS) is 22.1. The number of nitrogens with one attached hydrogen (secondary N) is 1. The highest BCUT2D eigenvalue weighted by Crippen LogP contribution is 2.17. The molecule has 0 bridgehead atoms. The number of rotatable bonds is 3. The highest BCUT2D eigenvalue weighted by molar-refractivity contribution is 5.67. The van der Waals surface area contributed by atoms with E-state index in [1.807, 2.05) is 20.8 Å². The van der Waals surface area contributed by atoms with Gasteiger partial charge in [0.15, 0.2) is 0 Å². The van der Waals surface area contributed by atoms with Crippen molar-refractivity contribution in [3.8, 4) is 0 Å². The van der Waals surface area contributed by atoms with Crippen LogP contribution in [-0.2, 0) is 4.74 Å². The minimum Gasteiger partial charge on any atom is -0.444 e. The van der Waals surface area contributed by atoms with Gasteiger partial charge >= 0.3 is 6.09 Å². The Hall–Kier alpha value is -0.770. The summed E-state index contributed by atoms with van der Waals surface area (Å²) in [5.41, 5.74) is -0.405. The molecule has 0 saturated carbocycles. The summed E-state index contributed by atoms with van der Waals surface area (Å²) in [7, 11) is 2.14. The topological polar surface area (TPSA) is 41.6 Å². The molecule has 0 aliphatic carbocycles. The Bertz CT molecular complexity index is 236. The van der Waals surface area contributed by atoms with E-state index in [4.69, 9.17) is 4.74 Å². The van der Waals surface area contributed by atoms with E-state index in [-0.39, 0.29) is 6.09 Å². The quantitative estimate of drug-likeness (QED) is 0.801. The van der Waals surface area contributed by atoms with E-state index in [2.05, 4.69) is 17.3 Å². The maximum absolute atomic E-state index is 11.4. The third-order valence-electron chi connectivity index (χ3n) is 2.71. The monoisotopic (exact) mass is 228 g/mol. The number of hydrogen-bond acceptors (Lipinski definition) is 3. The van der Waals surface area contributed by atoms with Crippen molar-refractivity contribution in [2.75, 3.05) is 26.7 Å². The summed E-state index contributed by atoms with van der Waals surface area (Å²) in [6.45, 7) is 8.66. The van der Waals surface area contributed by atoms with Crippen LogP contribution in [-0.4, -0.2) is 43.3 Å². The average molecular weight is 228 g/mol. The van der Waals surface area contributed by atoms with Gasteiger partial charge in [0.1, 0.15) is 5.60 Å². The van der Waals surface area contributed by atoms with Gasteiger partial charge in [0.05, 0.1) is 0 Å². The molecule has 4 nitrogen and oxygen atoms in total. The van der Waals surface area contributed by atoms with Crippen molar-refractivity contribution in [1.29, 1.82) is 0 Å². The van der Waals surface area contributed by atoms with E-state index in [0.717, 1.165) is 18.9 Å². The smallest absolute Gasteiger partial charge is 0.407 e. The first-order chi connectivity index (χ1) is 7.37. The van der Waals surface area contributed by atoms with Crippen LogP contribution in [0.3, 0.4) is 0 Å². The van der Waals surface area contributed by atoms with Gasteiger partial charge in [0.2, 0.25) is 0 Å². The standard InChI is InChI=1S/C12H24N2O2/c1-12(2,3)16-11(15)13-7-5-10-6-8-14(4)9-10/h10H,5-9H2,1-4H3,(H,13,15)/t10-/m1/s1. The zero-order valence-electron chi connectivity index (χ0n) is 10.9. The summed E-state index contributed by atoms with van der Waals surface area (Å²) >= 11 is 0. The molecular weight excluding hydrogens is 204 g/mol. The maximum atomic E-state index is 11.4. The Kier molecular flexibility index (Phi) is 4.59. The highest BCUT2D eigenvalue weighted by Gasteiger charge is 2.20. The number of carbonyl (C=O) groups excluding carboxylic acids is 1. The summed E-state index contributed by atoms with van der Waals surface area (Å²) < 4.78 is 5.16. The second kappa shape index (κ2) is 5.53. The van der Waals surface area contributed by atoms with Crippen molar-refractivity contribution >= 4 is 6.09 Å². The molecule has 0 unspecified atom stereocenters. The van der Waals surface area contributed by atoms with Crippen LogP contribution in [0.4, 0.5) is 4.79 Å². The summed E-state index contributed by atoms with van der Waals surface area (Å²) in [4.78, 5) is 13.7. The van der Waals surface area contributed by atoms with E-state index in [9.17, 15) is 4.79 Å². The number of nitrogens with zero attached hydrogens (tertiary/aromatic N) is 1. The maximum Gasteiger partial charge on any atom is 0.407 e. The highest BCUT2D eigenvalue weighted by atomic mass is 16.6. The van der Waals surface area contributed by atoms with Gasteiger partial charge in [0, 0.05) is 13.1 Å². The molecule has 0 spiro atoms. The third kappa shape index (κ3) is 5.35. The number of alkyl carbamates (subject to hydrolysis) is 1. The number of ether oxygens (including phenoxy) is 1. The molecule has 0 aromatic heterocycles. The van der Waals surface area contributed by atoms with Crippen LogP contribution in [0.5, 0.6) is 0 Å². The van der Waals surface area contributed by atoms with Crippen molar-refractivity contribution in [3.05, 3.63) is 0 Å². The van der Waals surface area contributed by atoms with Crippen molar-refractivity contribution in [2.45, 2.75) is 39.2 Å². The first-order valence-corrected chi connectivity index (χ1v) is 6.02. The second-order valence-corrected chi connectivity index (χ2v) is 5.63. The van der Waals surface area contributed by atoms with E-state index < -0.39 is 5.60 Å². The first kappa shape index (κ1) is 13.3. The summed E-state index contributed by atoms with van der Waals surface area (Å²) in [6, 6.07) is 0. The molecule has 1 amide bonds. The lowest BCUT2D eigenvalue weighted by atomic mass is 10.1. The van der Waals surface area contributed by atoms with Gasteiger partial charge in [0.25, 0.3) is 0 Å². The van der Waals surface area contributed by atoms with Crippen LogP contribution in [0.15, 0.2) is 0 Å². The van der Waals surface area contributed by atoms with Gasteiger partial charge in [-0.25, -0.2) is 4.79 Å². The van der Waals surface area contributed by atoms with Gasteiger partial charge in [-0.2, -0.15) is 0 Å². The summed E-state index contributed by atoms with van der Waals surface area (Å²) in [5.74, 6) is 0.722. The fourth-order valence-corrected chi connectivity index (χ4v) is 1.95. The molecule has 1 aliphatic heterocycles. The minimum atomic E-state index is -0.405. The molecule has 94 valence electrons. The number of amides is 1. The molecule has 4 heteroatoms. The predicted molar refractivity (Wildman–Crippen MR) is 64.5 cm³/mol. The Morgan fingerprint density at radius 1 is 1.50 bits per heavy atom. The van der Waals surface area contributed by atoms with E-state index in [1.165, 1.54) is 13.0 Å². The van der Waals surface area contributed by atoms with Crippen LogP contribution < -0.4 is 5.32 Å². The largest absolute Gasteiger partial charge is 0.444 e. The van der Waals surface area contributed by atoms with Gasteiger partial charge in [-0.1, -0.05) is 0 Å². The van der Waals surface area contributed by atoms with Crippen LogP contribution in [0.2, 0.25) is 0 Å². The Morgan fingerprint density at radius 3 is 2.69 bits per heavy atom. The molecule has 1 aliphatic rings. The van der Waals surface area contributed by atoms with Crippen molar-refractivity contribution in [3.63, 3.8) is 0 Å². The van der Waals surface area contributed by atoms with Crippen LogP contribution in [0.25, 0.3) is 0 Å². The first-order valence-electron chi connectivity index (χ1n) is 6.02. The molecule has 1 saturated heterocycles. The van der Waals surface area contributed by atoms with Crippen LogP contribution in [0.1, 0.15) is 33.6 Å². The average Bonchev–Trinajstić information content (AvgIpc) is 2.48. The second-order valence-electron chi connectivity index (χ2n) is 5.63. The van der Waals surface area contributed by atoms with Crippen molar-refractivity contribution < 1.29 is 9.53 Å². The lowest BCUT2D eigenvalue weighted by Gasteiger charge is -2.20. The SMILES string of the molecule is CN1CC[C@@H](CCNC(=O)OC(C)(C)C)C1. The van der Waals surface area contributed by atoms with Crippen molar-refractivity contribution in [1.82, 2.24) is 10.2 Å². The molecule has 16 heavy (non-hydrogen) atoms. The lowest BCUT2D eigenvalue weighted by Crippen LogP contribution is -2.33. The molecule has 0 aromatic carbocycles. The molecular formula is C12H24N2O2. The predicted octanol–water partition coefficient (Wildman–Crippen LogP) is 1.85. The fraction of sp³-hybridized carbons (Fsp3) is 0.917. The zero-order valence-corrected chi connectivity index (χ0v) is 10.9. The molecule has 1 N–H and O–H groups in total. The lowest BCUT2D eigenvalue weighted by molar-refractivity contribution is 0.0525. The fourth-order valence-electron chi connectivity index (χ4n) is 1.95. The molecule has 1 heterocycles. The molecule has 0 aromatic rings. The Labute approximate surface area is 98.3 Å². The summed E-state index contributed by atoms with van der Waals surface area (Å²) in [6.07, 6.45) is 1.98. The third-order valence-corrected chi connectivity index (χ3v) is 2.71. The summed E-state index contributed by atoms with van der Waals surface area (Å²) in [5, 5.41) is 2.80. The molecule has 0 radical (unpaired) electrons. The van der Waals surface area contributed by atoms with E-state index in [1.54, 1.807) is 0 Å². The minimum absolute atomic E-state index is 0.307. The number of hydrogen-bond donors (Lipinski definition) is 1. The number of carbonyl (C=O) groups is 1. The molecule has 1 fully saturated rings. The van der Waals surface area contributed by atoms with Gasteiger partial charge in [-0.3, -0.25) is 0 Å². The van der Waals surface area contributed by atoms with Crippen LogP contribution in [0, 0.1) is 5.92 Å². The van der Waals surface area contributed by atoms with Gasteiger partial charge < -0.3 is 15.0 Å². The zero-order chi connectivity index (χ0) is 12.2. The number of likely N-dealkylation sites (tertiary alicyclic amines) is 1. The van der Waals surface area contributed by atoms with E-state index >= 15 is 0 Å². The van der Waals surface area contributed by atoms with Crippen LogP contribution >= 0.6 is 0 Å². The van der Waals surface area contributed by atoms with E-state index in [0.29, 0.717) is 6.54 Å². The Morgan fingerprint density at radius 2 is 2.19 bits per heavy atom. The van der Waals surface area contributed by atoms with Gasteiger partial charge in [-0.05, 0) is 53.1 Å². The van der Waals surface area contributed by atoms with Crippen molar-refractivity contribution in [2.24, 2.45) is 5.92 Å². The molecule has 1 atom stereocenters.